The Morgan fingerprint density at radius 2 is 1.80 bits per heavy atom. The lowest BCUT2D eigenvalue weighted by molar-refractivity contribution is 0.355. The molecule has 5 heteroatoms. The molecule has 110 valence electrons. The summed E-state index contributed by atoms with van der Waals surface area (Å²) in [6.07, 6.45) is 6.32. The standard InChI is InChI=1S/C15H22N2O2S/c1-18-13-9-8-12(10-14(13)19-2)17-15(20)16-11-6-4-3-5-7-11/h8-11H,3-7H2,1-2H3,(H2,16,17,20). The van der Waals surface area contributed by atoms with Crippen LogP contribution in [-0.2, 0) is 0 Å². The molecule has 0 amide bonds. The first-order valence-corrected chi connectivity index (χ1v) is 7.43. The molecule has 2 N–H and O–H groups in total. The molecule has 1 saturated carbocycles. The van der Waals surface area contributed by atoms with Crippen molar-refractivity contribution in [2.45, 2.75) is 38.1 Å². The molecule has 20 heavy (non-hydrogen) atoms. The van der Waals surface area contributed by atoms with Gasteiger partial charge in [0.25, 0.3) is 0 Å². The molecular weight excluding hydrogens is 272 g/mol. The number of ether oxygens (including phenoxy) is 2. The van der Waals surface area contributed by atoms with Crippen molar-refractivity contribution in [3.05, 3.63) is 18.2 Å². The minimum absolute atomic E-state index is 0.504. The van der Waals surface area contributed by atoms with Gasteiger partial charge in [0, 0.05) is 17.8 Å². The summed E-state index contributed by atoms with van der Waals surface area (Å²) in [5.41, 5.74) is 0.899. The highest BCUT2D eigenvalue weighted by Gasteiger charge is 2.14. The Kier molecular flexibility index (Phi) is 5.47. The zero-order valence-electron chi connectivity index (χ0n) is 12.1. The van der Waals surface area contributed by atoms with Gasteiger partial charge in [0.2, 0.25) is 0 Å². The molecule has 0 saturated heterocycles. The van der Waals surface area contributed by atoms with Gasteiger partial charge in [0.15, 0.2) is 16.6 Å². The molecule has 0 aromatic heterocycles. The number of methoxy groups -OCH3 is 2. The van der Waals surface area contributed by atoms with Gasteiger partial charge in [-0.05, 0) is 37.2 Å². The summed E-state index contributed by atoms with van der Waals surface area (Å²) in [5, 5.41) is 7.25. The molecule has 1 fully saturated rings. The lowest BCUT2D eigenvalue weighted by Crippen LogP contribution is -2.38. The van der Waals surface area contributed by atoms with Crippen LogP contribution in [0.2, 0.25) is 0 Å². The number of thiocarbonyl (C=S) groups is 1. The van der Waals surface area contributed by atoms with Crippen LogP contribution in [0.3, 0.4) is 0 Å². The van der Waals surface area contributed by atoms with Crippen molar-refractivity contribution >= 4 is 23.0 Å². The van der Waals surface area contributed by atoms with Gasteiger partial charge in [-0.3, -0.25) is 0 Å². The van der Waals surface area contributed by atoms with E-state index in [1.807, 2.05) is 18.2 Å². The number of hydrogen-bond acceptors (Lipinski definition) is 3. The molecular formula is C15H22N2O2S. The number of rotatable bonds is 4. The first-order valence-electron chi connectivity index (χ1n) is 7.02. The van der Waals surface area contributed by atoms with Gasteiger partial charge in [-0.15, -0.1) is 0 Å². The van der Waals surface area contributed by atoms with Crippen LogP contribution in [0, 0.1) is 0 Å². The molecule has 0 heterocycles. The molecule has 0 unspecified atom stereocenters. The van der Waals surface area contributed by atoms with E-state index in [1.165, 1.54) is 32.1 Å². The van der Waals surface area contributed by atoms with Crippen LogP contribution >= 0.6 is 12.2 Å². The van der Waals surface area contributed by atoms with E-state index in [2.05, 4.69) is 10.6 Å². The molecule has 2 rings (SSSR count). The largest absolute Gasteiger partial charge is 0.493 e. The van der Waals surface area contributed by atoms with E-state index in [1.54, 1.807) is 14.2 Å². The first kappa shape index (κ1) is 14.9. The smallest absolute Gasteiger partial charge is 0.170 e. The molecule has 0 bridgehead atoms. The lowest BCUT2D eigenvalue weighted by atomic mass is 9.96. The van der Waals surface area contributed by atoms with Gasteiger partial charge in [-0.25, -0.2) is 0 Å². The quantitative estimate of drug-likeness (QED) is 0.834. The highest BCUT2D eigenvalue weighted by Crippen LogP contribution is 2.29. The van der Waals surface area contributed by atoms with Crippen molar-refractivity contribution in [3.8, 4) is 11.5 Å². The second-order valence-corrected chi connectivity index (χ2v) is 5.41. The van der Waals surface area contributed by atoms with E-state index in [-0.39, 0.29) is 0 Å². The summed E-state index contributed by atoms with van der Waals surface area (Å²) < 4.78 is 10.5. The van der Waals surface area contributed by atoms with Crippen LogP contribution in [0.5, 0.6) is 11.5 Å². The van der Waals surface area contributed by atoms with Crippen LogP contribution in [-0.4, -0.2) is 25.4 Å². The zero-order chi connectivity index (χ0) is 14.4. The Labute approximate surface area is 125 Å². The molecule has 1 aromatic rings. The average Bonchev–Trinajstić information content (AvgIpc) is 2.48. The Morgan fingerprint density at radius 1 is 1.10 bits per heavy atom. The van der Waals surface area contributed by atoms with Crippen LogP contribution < -0.4 is 20.1 Å². The summed E-state index contributed by atoms with van der Waals surface area (Å²) in [4.78, 5) is 0. The predicted molar refractivity (Wildman–Crippen MR) is 85.8 cm³/mol. The molecule has 4 nitrogen and oxygen atoms in total. The van der Waals surface area contributed by atoms with Crippen molar-refractivity contribution < 1.29 is 9.47 Å². The average molecular weight is 294 g/mol. The maximum atomic E-state index is 5.36. The molecule has 0 atom stereocenters. The minimum Gasteiger partial charge on any atom is -0.493 e. The van der Waals surface area contributed by atoms with Crippen molar-refractivity contribution in [2.75, 3.05) is 19.5 Å². The zero-order valence-corrected chi connectivity index (χ0v) is 12.9. The maximum Gasteiger partial charge on any atom is 0.170 e. The molecule has 0 spiro atoms. The van der Waals surface area contributed by atoms with Gasteiger partial charge in [-0.2, -0.15) is 0 Å². The van der Waals surface area contributed by atoms with E-state index < -0.39 is 0 Å². The highest BCUT2D eigenvalue weighted by molar-refractivity contribution is 7.80. The van der Waals surface area contributed by atoms with Gasteiger partial charge in [-0.1, -0.05) is 19.3 Å². The SMILES string of the molecule is COc1ccc(NC(=S)NC2CCCCC2)cc1OC. The lowest BCUT2D eigenvalue weighted by Gasteiger charge is -2.24. The number of benzene rings is 1. The fraction of sp³-hybridized carbons (Fsp3) is 0.533. The van der Waals surface area contributed by atoms with Crippen molar-refractivity contribution in [1.82, 2.24) is 5.32 Å². The number of hydrogen-bond donors (Lipinski definition) is 2. The van der Waals surface area contributed by atoms with Gasteiger partial charge in [0.05, 0.1) is 14.2 Å². The predicted octanol–water partition coefficient (Wildman–Crippen LogP) is 3.32. The summed E-state index contributed by atoms with van der Waals surface area (Å²) in [6, 6.07) is 6.18. The van der Waals surface area contributed by atoms with Gasteiger partial charge < -0.3 is 20.1 Å². The van der Waals surface area contributed by atoms with E-state index in [4.69, 9.17) is 21.7 Å². The number of anilines is 1. The Bertz CT molecular complexity index is 459. The Hall–Kier alpha value is -1.49. The van der Waals surface area contributed by atoms with Gasteiger partial charge in [0.1, 0.15) is 0 Å². The van der Waals surface area contributed by atoms with Gasteiger partial charge >= 0.3 is 0 Å². The second-order valence-electron chi connectivity index (χ2n) is 5.00. The van der Waals surface area contributed by atoms with Crippen LogP contribution in [0.25, 0.3) is 0 Å². The third-order valence-electron chi connectivity index (χ3n) is 3.58. The van der Waals surface area contributed by atoms with E-state index in [0.29, 0.717) is 22.7 Å². The third kappa shape index (κ3) is 4.00. The van der Waals surface area contributed by atoms with E-state index >= 15 is 0 Å². The van der Waals surface area contributed by atoms with Crippen molar-refractivity contribution in [1.29, 1.82) is 0 Å². The topological polar surface area (TPSA) is 42.5 Å². The summed E-state index contributed by atoms with van der Waals surface area (Å²) in [6.45, 7) is 0. The normalized spacial score (nSPS) is 15.5. The van der Waals surface area contributed by atoms with Crippen LogP contribution in [0.1, 0.15) is 32.1 Å². The second kappa shape index (κ2) is 7.33. The molecule has 1 aliphatic carbocycles. The number of nitrogens with one attached hydrogen (secondary N) is 2. The fourth-order valence-corrected chi connectivity index (χ4v) is 2.80. The highest BCUT2D eigenvalue weighted by atomic mass is 32.1. The van der Waals surface area contributed by atoms with Crippen LogP contribution in [0.15, 0.2) is 18.2 Å². The molecule has 1 aliphatic rings. The third-order valence-corrected chi connectivity index (χ3v) is 3.80. The molecule has 0 aliphatic heterocycles. The Morgan fingerprint density at radius 3 is 2.45 bits per heavy atom. The minimum atomic E-state index is 0.504. The van der Waals surface area contributed by atoms with E-state index in [9.17, 15) is 0 Å². The summed E-state index contributed by atoms with van der Waals surface area (Å²) >= 11 is 5.36. The maximum absolute atomic E-state index is 5.36. The summed E-state index contributed by atoms with van der Waals surface area (Å²) in [5.74, 6) is 1.40. The summed E-state index contributed by atoms with van der Waals surface area (Å²) in [7, 11) is 3.25. The van der Waals surface area contributed by atoms with Crippen molar-refractivity contribution in [3.63, 3.8) is 0 Å². The first-order chi connectivity index (χ1) is 9.72. The van der Waals surface area contributed by atoms with Crippen LogP contribution in [0.4, 0.5) is 5.69 Å². The Balaban J connectivity index is 1.93. The van der Waals surface area contributed by atoms with E-state index in [0.717, 1.165) is 5.69 Å². The fourth-order valence-electron chi connectivity index (χ4n) is 2.51. The molecule has 1 aromatic carbocycles. The molecule has 0 radical (unpaired) electrons. The van der Waals surface area contributed by atoms with Crippen molar-refractivity contribution in [2.24, 2.45) is 0 Å². The monoisotopic (exact) mass is 294 g/mol.